The SMILES string of the molecule is ClCc1ncc(-c2ccccc2Cl)s1. The summed E-state index contributed by atoms with van der Waals surface area (Å²) in [4.78, 5) is 5.24. The number of halogens is 2. The smallest absolute Gasteiger partial charge is 0.108 e. The Bertz CT molecular complexity index is 439. The molecule has 4 heteroatoms. The highest BCUT2D eigenvalue weighted by Crippen LogP contribution is 2.32. The van der Waals surface area contributed by atoms with E-state index < -0.39 is 0 Å². The first-order chi connectivity index (χ1) is 6.81. The molecule has 0 fully saturated rings. The van der Waals surface area contributed by atoms with Crippen molar-refractivity contribution in [2.45, 2.75) is 5.88 Å². The third-order valence-electron chi connectivity index (χ3n) is 1.81. The average Bonchev–Trinajstić information content (AvgIpc) is 2.67. The van der Waals surface area contributed by atoms with E-state index in [-0.39, 0.29) is 0 Å². The van der Waals surface area contributed by atoms with Gasteiger partial charge < -0.3 is 0 Å². The molecular formula is C10H7Cl2NS. The first-order valence-electron chi connectivity index (χ1n) is 4.07. The molecule has 2 aromatic rings. The second-order valence-electron chi connectivity index (χ2n) is 2.73. The van der Waals surface area contributed by atoms with Gasteiger partial charge in [-0.25, -0.2) is 4.98 Å². The molecule has 0 radical (unpaired) electrons. The normalized spacial score (nSPS) is 10.4. The van der Waals surface area contributed by atoms with E-state index >= 15 is 0 Å². The number of hydrogen-bond donors (Lipinski definition) is 0. The number of hydrogen-bond acceptors (Lipinski definition) is 2. The minimum absolute atomic E-state index is 0.453. The monoisotopic (exact) mass is 243 g/mol. The molecule has 0 atom stereocenters. The zero-order valence-corrected chi connectivity index (χ0v) is 9.53. The zero-order chi connectivity index (χ0) is 9.97. The highest BCUT2D eigenvalue weighted by Gasteiger charge is 2.06. The third kappa shape index (κ3) is 1.92. The maximum absolute atomic E-state index is 6.06. The summed E-state index contributed by atoms with van der Waals surface area (Å²) in [7, 11) is 0. The maximum atomic E-state index is 6.06. The molecule has 0 amide bonds. The minimum atomic E-state index is 0.453. The van der Waals surface area contributed by atoms with Gasteiger partial charge in [-0.15, -0.1) is 22.9 Å². The molecule has 0 saturated heterocycles. The van der Waals surface area contributed by atoms with Crippen LogP contribution in [0.4, 0.5) is 0 Å². The molecule has 0 aliphatic rings. The van der Waals surface area contributed by atoms with Crippen LogP contribution >= 0.6 is 34.5 Å². The van der Waals surface area contributed by atoms with Gasteiger partial charge in [0.05, 0.1) is 10.8 Å². The summed E-state index contributed by atoms with van der Waals surface area (Å²) in [5.74, 6) is 0.453. The van der Waals surface area contributed by atoms with Crippen molar-refractivity contribution in [3.05, 3.63) is 40.5 Å². The molecule has 0 N–H and O–H groups in total. The number of alkyl halides is 1. The Balaban J connectivity index is 2.44. The molecule has 1 nitrogen and oxygen atoms in total. The van der Waals surface area contributed by atoms with Gasteiger partial charge in [0.2, 0.25) is 0 Å². The van der Waals surface area contributed by atoms with Crippen molar-refractivity contribution in [2.75, 3.05) is 0 Å². The Kier molecular flexibility index (Phi) is 3.06. The Labute approximate surface area is 96.3 Å². The number of rotatable bonds is 2. The van der Waals surface area contributed by atoms with Crippen LogP contribution in [0.5, 0.6) is 0 Å². The van der Waals surface area contributed by atoms with Gasteiger partial charge in [-0.1, -0.05) is 29.8 Å². The van der Waals surface area contributed by atoms with Crippen molar-refractivity contribution < 1.29 is 0 Å². The zero-order valence-electron chi connectivity index (χ0n) is 7.21. The van der Waals surface area contributed by atoms with Crippen LogP contribution < -0.4 is 0 Å². The van der Waals surface area contributed by atoms with Gasteiger partial charge in [0, 0.05) is 16.8 Å². The molecule has 1 aromatic carbocycles. The van der Waals surface area contributed by atoms with E-state index in [9.17, 15) is 0 Å². The lowest BCUT2D eigenvalue weighted by Gasteiger charge is -1.98. The van der Waals surface area contributed by atoms with Crippen LogP contribution in [0.25, 0.3) is 10.4 Å². The van der Waals surface area contributed by atoms with Gasteiger partial charge in [-0.3, -0.25) is 0 Å². The molecule has 0 spiro atoms. The molecule has 0 bridgehead atoms. The molecule has 1 heterocycles. The van der Waals surface area contributed by atoms with Crippen molar-refractivity contribution in [1.82, 2.24) is 4.98 Å². The van der Waals surface area contributed by atoms with E-state index in [4.69, 9.17) is 23.2 Å². The largest absolute Gasteiger partial charge is 0.248 e. The van der Waals surface area contributed by atoms with Gasteiger partial charge in [0.15, 0.2) is 0 Å². The Morgan fingerprint density at radius 2 is 2.07 bits per heavy atom. The average molecular weight is 244 g/mol. The van der Waals surface area contributed by atoms with Crippen molar-refractivity contribution >= 4 is 34.5 Å². The Morgan fingerprint density at radius 3 is 2.71 bits per heavy atom. The number of nitrogens with zero attached hydrogens (tertiary/aromatic N) is 1. The van der Waals surface area contributed by atoms with Gasteiger partial charge in [0.1, 0.15) is 5.01 Å². The van der Waals surface area contributed by atoms with E-state index in [1.807, 2.05) is 30.5 Å². The van der Waals surface area contributed by atoms with E-state index in [0.717, 1.165) is 20.5 Å². The van der Waals surface area contributed by atoms with Gasteiger partial charge >= 0.3 is 0 Å². The molecule has 0 saturated carbocycles. The summed E-state index contributed by atoms with van der Waals surface area (Å²) in [6, 6.07) is 7.72. The topological polar surface area (TPSA) is 12.9 Å². The molecule has 2 rings (SSSR count). The predicted molar refractivity (Wildman–Crippen MR) is 62.1 cm³/mol. The fourth-order valence-corrected chi connectivity index (χ4v) is 2.49. The second kappa shape index (κ2) is 4.30. The summed E-state index contributed by atoms with van der Waals surface area (Å²) in [6.07, 6.45) is 1.81. The van der Waals surface area contributed by atoms with Crippen molar-refractivity contribution in [3.63, 3.8) is 0 Å². The third-order valence-corrected chi connectivity index (χ3v) is 3.58. The van der Waals surface area contributed by atoms with Crippen LogP contribution in [0.2, 0.25) is 5.02 Å². The molecule has 14 heavy (non-hydrogen) atoms. The molecule has 0 aliphatic heterocycles. The van der Waals surface area contributed by atoms with Crippen molar-refractivity contribution in [3.8, 4) is 10.4 Å². The fraction of sp³-hybridized carbons (Fsp3) is 0.100. The maximum Gasteiger partial charge on any atom is 0.108 e. The van der Waals surface area contributed by atoms with Crippen LogP contribution in [0, 0.1) is 0 Å². The van der Waals surface area contributed by atoms with E-state index in [1.165, 1.54) is 0 Å². The van der Waals surface area contributed by atoms with E-state index in [2.05, 4.69) is 4.98 Å². The first-order valence-corrected chi connectivity index (χ1v) is 5.79. The van der Waals surface area contributed by atoms with E-state index in [1.54, 1.807) is 11.3 Å². The minimum Gasteiger partial charge on any atom is -0.248 e. The molecule has 0 unspecified atom stereocenters. The van der Waals surface area contributed by atoms with Crippen LogP contribution in [-0.2, 0) is 5.88 Å². The fourth-order valence-electron chi connectivity index (χ4n) is 1.16. The Morgan fingerprint density at radius 1 is 1.29 bits per heavy atom. The van der Waals surface area contributed by atoms with Crippen molar-refractivity contribution in [2.24, 2.45) is 0 Å². The summed E-state index contributed by atoms with van der Waals surface area (Å²) < 4.78 is 0. The first kappa shape index (κ1) is 9.97. The van der Waals surface area contributed by atoms with Crippen LogP contribution in [0.3, 0.4) is 0 Å². The number of aromatic nitrogens is 1. The number of benzene rings is 1. The molecular weight excluding hydrogens is 237 g/mol. The lowest BCUT2D eigenvalue weighted by molar-refractivity contribution is 1.26. The lowest BCUT2D eigenvalue weighted by atomic mass is 10.2. The predicted octanol–water partition coefficient (Wildman–Crippen LogP) is 4.20. The summed E-state index contributed by atoms with van der Waals surface area (Å²) in [5.41, 5.74) is 1.02. The van der Waals surface area contributed by atoms with Crippen LogP contribution in [0.1, 0.15) is 5.01 Å². The molecule has 0 aliphatic carbocycles. The number of thiazole rings is 1. The lowest BCUT2D eigenvalue weighted by Crippen LogP contribution is -1.72. The summed E-state index contributed by atoms with van der Waals surface area (Å²) in [6.45, 7) is 0. The van der Waals surface area contributed by atoms with Crippen LogP contribution in [-0.4, -0.2) is 4.98 Å². The van der Waals surface area contributed by atoms with Crippen LogP contribution in [0.15, 0.2) is 30.5 Å². The Hall–Kier alpha value is -0.570. The van der Waals surface area contributed by atoms with Gasteiger partial charge in [-0.05, 0) is 6.07 Å². The molecule has 1 aromatic heterocycles. The quantitative estimate of drug-likeness (QED) is 0.721. The summed E-state index contributed by atoms with van der Waals surface area (Å²) in [5, 5.41) is 1.67. The van der Waals surface area contributed by atoms with E-state index in [0.29, 0.717) is 5.88 Å². The highest BCUT2D eigenvalue weighted by molar-refractivity contribution is 7.15. The standard InChI is InChI=1S/C10H7Cl2NS/c11-5-10-13-6-9(14-10)7-3-1-2-4-8(7)12/h1-4,6H,5H2. The second-order valence-corrected chi connectivity index (χ2v) is 4.52. The summed E-state index contributed by atoms with van der Waals surface area (Å²) >= 11 is 13.3. The van der Waals surface area contributed by atoms with Crippen molar-refractivity contribution in [1.29, 1.82) is 0 Å². The van der Waals surface area contributed by atoms with Gasteiger partial charge in [0.25, 0.3) is 0 Å². The van der Waals surface area contributed by atoms with Gasteiger partial charge in [-0.2, -0.15) is 0 Å². The highest BCUT2D eigenvalue weighted by atomic mass is 35.5. The molecule has 72 valence electrons.